The van der Waals surface area contributed by atoms with E-state index in [4.69, 9.17) is 23.2 Å². The van der Waals surface area contributed by atoms with E-state index in [2.05, 4.69) is 9.88 Å². The van der Waals surface area contributed by atoms with Crippen LogP contribution in [-0.2, 0) is 17.9 Å². The summed E-state index contributed by atoms with van der Waals surface area (Å²) in [5, 5.41) is 1.31. The van der Waals surface area contributed by atoms with Gasteiger partial charge in [-0.05, 0) is 55.3 Å². The molecule has 0 bridgehead atoms. The highest BCUT2D eigenvalue weighted by Crippen LogP contribution is 2.41. The number of amides is 1. The van der Waals surface area contributed by atoms with Gasteiger partial charge in [-0.15, -0.1) is 0 Å². The average molecular weight is 390 g/mol. The number of hydrogen-bond donors (Lipinski definition) is 0. The number of aromatic nitrogens is 1. The summed E-state index contributed by atoms with van der Waals surface area (Å²) < 4.78 is 0. The number of halogens is 2. The van der Waals surface area contributed by atoms with Gasteiger partial charge < -0.3 is 4.90 Å². The maximum atomic E-state index is 13.1. The fraction of sp³-hybridized carbons (Fsp3) is 0.400. The van der Waals surface area contributed by atoms with Crippen molar-refractivity contribution in [2.75, 3.05) is 19.6 Å². The van der Waals surface area contributed by atoms with Crippen LogP contribution in [0.1, 0.15) is 24.1 Å². The zero-order valence-corrected chi connectivity index (χ0v) is 16.0. The molecular formula is C20H21Cl2N3O. The SMILES string of the molecule is O=C1N(Cc2ccccn2)CCC12CCN(Cc1cc(Cl)cc(Cl)c1)C2. The monoisotopic (exact) mass is 389 g/mol. The van der Waals surface area contributed by atoms with Gasteiger partial charge in [0.1, 0.15) is 0 Å². The normalized spacial score (nSPS) is 23.3. The van der Waals surface area contributed by atoms with Gasteiger partial charge in [-0.25, -0.2) is 0 Å². The third-order valence-corrected chi connectivity index (χ3v) is 5.88. The number of benzene rings is 1. The standard InChI is InChI=1S/C20H21Cl2N3O/c21-16-9-15(10-17(22)11-16)12-24-7-4-20(14-24)5-8-25(19(20)26)13-18-3-1-2-6-23-18/h1-3,6,9-11H,4-5,7-8,12-14H2. The van der Waals surface area contributed by atoms with Crippen molar-refractivity contribution in [3.05, 3.63) is 63.9 Å². The van der Waals surface area contributed by atoms with Crippen molar-refractivity contribution in [2.45, 2.75) is 25.9 Å². The zero-order chi connectivity index (χ0) is 18.1. The third kappa shape index (κ3) is 3.59. The number of nitrogens with zero attached hydrogens (tertiary/aromatic N) is 3. The fourth-order valence-corrected chi connectivity index (χ4v) is 4.73. The largest absolute Gasteiger partial charge is 0.336 e. The van der Waals surface area contributed by atoms with Crippen LogP contribution in [-0.4, -0.2) is 40.3 Å². The molecule has 4 nitrogen and oxygen atoms in total. The van der Waals surface area contributed by atoms with E-state index in [-0.39, 0.29) is 11.3 Å². The highest BCUT2D eigenvalue weighted by molar-refractivity contribution is 6.34. The second-order valence-electron chi connectivity index (χ2n) is 7.32. The van der Waals surface area contributed by atoms with Crippen LogP contribution in [0.3, 0.4) is 0 Å². The Balaban J connectivity index is 1.41. The zero-order valence-electron chi connectivity index (χ0n) is 14.5. The minimum absolute atomic E-state index is 0.239. The van der Waals surface area contributed by atoms with E-state index in [0.29, 0.717) is 16.6 Å². The van der Waals surface area contributed by atoms with Crippen LogP contribution < -0.4 is 0 Å². The summed E-state index contributed by atoms with van der Waals surface area (Å²) in [4.78, 5) is 21.7. The number of carbonyl (C=O) groups is 1. The quantitative estimate of drug-likeness (QED) is 0.792. The molecule has 1 amide bonds. The number of hydrogen-bond acceptors (Lipinski definition) is 3. The van der Waals surface area contributed by atoms with Gasteiger partial charge >= 0.3 is 0 Å². The van der Waals surface area contributed by atoms with Gasteiger partial charge in [-0.3, -0.25) is 14.7 Å². The minimum atomic E-state index is -0.239. The molecule has 0 N–H and O–H groups in total. The van der Waals surface area contributed by atoms with Crippen molar-refractivity contribution >= 4 is 29.1 Å². The molecule has 0 saturated carbocycles. The molecule has 1 spiro atoms. The lowest BCUT2D eigenvalue weighted by Gasteiger charge is -2.23. The maximum Gasteiger partial charge on any atom is 0.230 e. The number of pyridine rings is 1. The molecule has 6 heteroatoms. The molecule has 2 aliphatic heterocycles. The number of likely N-dealkylation sites (tertiary alicyclic amines) is 2. The Bertz CT molecular complexity index is 794. The average Bonchev–Trinajstić information content (AvgIpc) is 3.14. The minimum Gasteiger partial charge on any atom is -0.336 e. The molecule has 0 radical (unpaired) electrons. The molecule has 0 aliphatic carbocycles. The van der Waals surface area contributed by atoms with Crippen molar-refractivity contribution in [3.63, 3.8) is 0 Å². The van der Waals surface area contributed by atoms with Crippen LogP contribution in [0.5, 0.6) is 0 Å². The Morgan fingerprint density at radius 3 is 2.54 bits per heavy atom. The van der Waals surface area contributed by atoms with Crippen molar-refractivity contribution in [3.8, 4) is 0 Å². The molecule has 26 heavy (non-hydrogen) atoms. The Kier molecular flexibility index (Phi) is 4.91. The smallest absolute Gasteiger partial charge is 0.230 e. The lowest BCUT2D eigenvalue weighted by Crippen LogP contribution is -2.36. The lowest BCUT2D eigenvalue weighted by molar-refractivity contribution is -0.136. The molecule has 2 aliphatic rings. The summed E-state index contributed by atoms with van der Waals surface area (Å²) in [5.74, 6) is 0.273. The molecule has 1 aromatic carbocycles. The molecular weight excluding hydrogens is 369 g/mol. The molecule has 1 aromatic heterocycles. The van der Waals surface area contributed by atoms with E-state index in [1.807, 2.05) is 35.2 Å². The first kappa shape index (κ1) is 17.8. The molecule has 2 aromatic rings. The van der Waals surface area contributed by atoms with Crippen LogP contribution in [0.4, 0.5) is 0 Å². The Hall–Kier alpha value is -1.62. The summed E-state index contributed by atoms with van der Waals surface area (Å²) in [5.41, 5.74) is 1.80. The summed E-state index contributed by atoms with van der Waals surface area (Å²) >= 11 is 12.2. The van der Waals surface area contributed by atoms with Crippen molar-refractivity contribution in [2.24, 2.45) is 5.41 Å². The number of carbonyl (C=O) groups excluding carboxylic acids is 1. The van der Waals surface area contributed by atoms with Gasteiger partial charge in [0.15, 0.2) is 0 Å². The summed E-state index contributed by atoms with van der Waals surface area (Å²) in [6.45, 7) is 3.91. The maximum absolute atomic E-state index is 13.1. The Morgan fingerprint density at radius 1 is 1.04 bits per heavy atom. The van der Waals surface area contributed by atoms with Crippen molar-refractivity contribution in [1.82, 2.24) is 14.8 Å². The summed E-state index contributed by atoms with van der Waals surface area (Å²) in [6, 6.07) is 11.5. The third-order valence-electron chi connectivity index (χ3n) is 5.44. The predicted octanol–water partition coefficient (Wildman–Crippen LogP) is 4.01. The molecule has 2 saturated heterocycles. The number of rotatable bonds is 4. The van der Waals surface area contributed by atoms with Crippen LogP contribution >= 0.6 is 23.2 Å². The molecule has 2 fully saturated rings. The van der Waals surface area contributed by atoms with E-state index >= 15 is 0 Å². The first-order valence-electron chi connectivity index (χ1n) is 8.91. The second kappa shape index (κ2) is 7.18. The van der Waals surface area contributed by atoms with Gasteiger partial charge in [0.25, 0.3) is 0 Å². The Labute approximate surface area is 163 Å². The van der Waals surface area contributed by atoms with Crippen LogP contribution in [0.15, 0.2) is 42.6 Å². The van der Waals surface area contributed by atoms with Crippen molar-refractivity contribution < 1.29 is 4.79 Å². The topological polar surface area (TPSA) is 36.4 Å². The van der Waals surface area contributed by atoms with Crippen LogP contribution in [0, 0.1) is 5.41 Å². The highest BCUT2D eigenvalue weighted by atomic mass is 35.5. The van der Waals surface area contributed by atoms with Gasteiger partial charge in [0.05, 0.1) is 17.7 Å². The van der Waals surface area contributed by atoms with Crippen LogP contribution in [0.2, 0.25) is 10.0 Å². The summed E-state index contributed by atoms with van der Waals surface area (Å²) in [6.07, 6.45) is 3.61. The van der Waals surface area contributed by atoms with Gasteiger partial charge in [-0.1, -0.05) is 29.3 Å². The van der Waals surface area contributed by atoms with E-state index in [1.165, 1.54) is 0 Å². The van der Waals surface area contributed by atoms with E-state index in [1.54, 1.807) is 12.3 Å². The first-order chi connectivity index (χ1) is 12.5. The molecule has 4 rings (SSSR count). The second-order valence-corrected chi connectivity index (χ2v) is 8.19. The Morgan fingerprint density at radius 2 is 1.81 bits per heavy atom. The lowest BCUT2D eigenvalue weighted by atomic mass is 9.85. The van der Waals surface area contributed by atoms with E-state index in [9.17, 15) is 4.79 Å². The highest BCUT2D eigenvalue weighted by Gasteiger charge is 2.50. The van der Waals surface area contributed by atoms with Gasteiger partial charge in [-0.2, -0.15) is 0 Å². The first-order valence-corrected chi connectivity index (χ1v) is 9.66. The predicted molar refractivity (Wildman–Crippen MR) is 103 cm³/mol. The molecule has 136 valence electrons. The summed E-state index contributed by atoms with van der Waals surface area (Å²) in [7, 11) is 0. The van der Waals surface area contributed by atoms with Gasteiger partial charge in [0.2, 0.25) is 5.91 Å². The van der Waals surface area contributed by atoms with Crippen LogP contribution in [0.25, 0.3) is 0 Å². The fourth-order valence-electron chi connectivity index (χ4n) is 4.16. The molecule has 1 unspecified atom stereocenters. The molecule has 1 atom stereocenters. The van der Waals surface area contributed by atoms with E-state index in [0.717, 1.165) is 50.3 Å². The van der Waals surface area contributed by atoms with Gasteiger partial charge in [0, 0.05) is 35.9 Å². The van der Waals surface area contributed by atoms with E-state index < -0.39 is 0 Å². The molecule has 3 heterocycles. The van der Waals surface area contributed by atoms with Crippen molar-refractivity contribution in [1.29, 1.82) is 0 Å².